The first kappa shape index (κ1) is 13.1. The van der Waals surface area contributed by atoms with Gasteiger partial charge in [-0.25, -0.2) is 4.98 Å². The van der Waals surface area contributed by atoms with Gasteiger partial charge in [0.2, 0.25) is 5.91 Å². The number of imidazole rings is 1. The lowest BCUT2D eigenvalue weighted by Crippen LogP contribution is -2.46. The molecule has 5 heteroatoms. The van der Waals surface area contributed by atoms with E-state index in [1.165, 1.54) is 5.56 Å². The van der Waals surface area contributed by atoms with Gasteiger partial charge >= 0.3 is 0 Å². The van der Waals surface area contributed by atoms with E-state index in [4.69, 9.17) is 0 Å². The molecule has 3 rings (SSSR count). The van der Waals surface area contributed by atoms with E-state index in [2.05, 4.69) is 28.3 Å². The summed E-state index contributed by atoms with van der Waals surface area (Å²) in [6, 6.07) is 6.10. The Morgan fingerprint density at radius 3 is 2.90 bits per heavy atom. The Hall–Kier alpha value is -1.88. The summed E-state index contributed by atoms with van der Waals surface area (Å²) in [7, 11) is 0. The van der Waals surface area contributed by atoms with Crippen molar-refractivity contribution in [1.82, 2.24) is 20.2 Å². The van der Waals surface area contributed by atoms with Crippen LogP contribution in [0, 0.1) is 6.92 Å². The lowest BCUT2D eigenvalue weighted by atomic mass is 10.2. The highest BCUT2D eigenvalue weighted by Crippen LogP contribution is 2.16. The Morgan fingerprint density at radius 1 is 1.35 bits per heavy atom. The lowest BCUT2D eigenvalue weighted by Gasteiger charge is -2.27. The van der Waals surface area contributed by atoms with Gasteiger partial charge in [-0.05, 0) is 18.6 Å². The zero-order valence-electron chi connectivity index (χ0n) is 11.8. The zero-order valence-corrected chi connectivity index (χ0v) is 11.8. The molecular formula is C15H20N4O. The lowest BCUT2D eigenvalue weighted by molar-refractivity contribution is -0.131. The van der Waals surface area contributed by atoms with Crippen LogP contribution in [0.1, 0.15) is 17.8 Å². The fourth-order valence-electron chi connectivity index (χ4n) is 2.64. The third-order valence-electron chi connectivity index (χ3n) is 3.81. The van der Waals surface area contributed by atoms with Crippen molar-refractivity contribution in [2.45, 2.75) is 19.8 Å². The van der Waals surface area contributed by atoms with E-state index in [1.807, 2.05) is 17.0 Å². The van der Waals surface area contributed by atoms with Gasteiger partial charge in [-0.2, -0.15) is 0 Å². The Morgan fingerprint density at radius 2 is 2.15 bits per heavy atom. The number of benzene rings is 1. The summed E-state index contributed by atoms with van der Waals surface area (Å²) in [5.41, 5.74) is 3.23. The van der Waals surface area contributed by atoms with E-state index in [1.54, 1.807) is 0 Å². The van der Waals surface area contributed by atoms with Gasteiger partial charge in [0, 0.05) is 39.0 Å². The topological polar surface area (TPSA) is 61.0 Å². The predicted octanol–water partition coefficient (Wildman–Crippen LogP) is 1.24. The fraction of sp³-hybridized carbons (Fsp3) is 0.467. The van der Waals surface area contributed by atoms with Crippen LogP contribution in [0.3, 0.4) is 0 Å². The SMILES string of the molecule is Cc1cccc2[nH]c(CCC(=O)N3CCNCC3)nc12. The van der Waals surface area contributed by atoms with Crippen molar-refractivity contribution < 1.29 is 4.79 Å². The number of aromatic amines is 1. The van der Waals surface area contributed by atoms with Crippen LogP contribution in [-0.2, 0) is 11.2 Å². The molecule has 5 nitrogen and oxygen atoms in total. The molecule has 2 heterocycles. The van der Waals surface area contributed by atoms with Gasteiger partial charge in [0.25, 0.3) is 0 Å². The minimum Gasteiger partial charge on any atom is -0.342 e. The second-order valence-corrected chi connectivity index (χ2v) is 5.29. The van der Waals surface area contributed by atoms with Crippen LogP contribution >= 0.6 is 0 Å². The molecule has 2 aromatic rings. The van der Waals surface area contributed by atoms with Gasteiger partial charge in [-0.3, -0.25) is 4.79 Å². The molecule has 20 heavy (non-hydrogen) atoms. The van der Waals surface area contributed by atoms with E-state index in [-0.39, 0.29) is 5.91 Å². The average Bonchev–Trinajstić information content (AvgIpc) is 2.90. The monoisotopic (exact) mass is 272 g/mol. The molecule has 1 aromatic carbocycles. The summed E-state index contributed by atoms with van der Waals surface area (Å²) < 4.78 is 0. The molecule has 0 saturated carbocycles. The summed E-state index contributed by atoms with van der Waals surface area (Å²) in [6.07, 6.45) is 1.20. The first-order chi connectivity index (χ1) is 9.74. The van der Waals surface area contributed by atoms with Crippen LogP contribution in [0.2, 0.25) is 0 Å². The maximum absolute atomic E-state index is 12.1. The number of carbonyl (C=O) groups excluding carboxylic acids is 1. The van der Waals surface area contributed by atoms with E-state index < -0.39 is 0 Å². The Kier molecular flexibility index (Phi) is 3.69. The van der Waals surface area contributed by atoms with Crippen LogP contribution in [-0.4, -0.2) is 47.0 Å². The van der Waals surface area contributed by atoms with E-state index in [0.717, 1.165) is 43.0 Å². The van der Waals surface area contributed by atoms with Crippen molar-refractivity contribution in [2.24, 2.45) is 0 Å². The minimum absolute atomic E-state index is 0.226. The second kappa shape index (κ2) is 5.63. The largest absolute Gasteiger partial charge is 0.342 e. The second-order valence-electron chi connectivity index (χ2n) is 5.29. The molecular weight excluding hydrogens is 252 g/mol. The predicted molar refractivity (Wildman–Crippen MR) is 78.6 cm³/mol. The van der Waals surface area contributed by atoms with Gasteiger partial charge in [0.15, 0.2) is 0 Å². The molecule has 0 aliphatic carbocycles. The molecule has 106 valence electrons. The van der Waals surface area contributed by atoms with Crippen molar-refractivity contribution in [3.8, 4) is 0 Å². The number of fused-ring (bicyclic) bond motifs is 1. The quantitative estimate of drug-likeness (QED) is 0.883. The zero-order chi connectivity index (χ0) is 13.9. The molecule has 1 aromatic heterocycles. The minimum atomic E-state index is 0.226. The molecule has 0 atom stereocenters. The van der Waals surface area contributed by atoms with E-state index in [9.17, 15) is 4.79 Å². The molecule has 1 amide bonds. The normalized spacial score (nSPS) is 15.8. The van der Waals surface area contributed by atoms with Crippen molar-refractivity contribution in [3.63, 3.8) is 0 Å². The van der Waals surface area contributed by atoms with Gasteiger partial charge < -0.3 is 15.2 Å². The van der Waals surface area contributed by atoms with Crippen molar-refractivity contribution >= 4 is 16.9 Å². The third-order valence-corrected chi connectivity index (χ3v) is 3.81. The third kappa shape index (κ3) is 2.67. The molecule has 1 aliphatic heterocycles. The maximum Gasteiger partial charge on any atom is 0.223 e. The van der Waals surface area contributed by atoms with Gasteiger partial charge in [0.05, 0.1) is 11.0 Å². The van der Waals surface area contributed by atoms with Crippen molar-refractivity contribution in [2.75, 3.05) is 26.2 Å². The molecule has 0 bridgehead atoms. The number of aromatic nitrogens is 2. The van der Waals surface area contributed by atoms with E-state index in [0.29, 0.717) is 12.8 Å². The molecule has 0 unspecified atom stereocenters. The Bertz CT molecular complexity index is 613. The highest BCUT2D eigenvalue weighted by Gasteiger charge is 2.16. The van der Waals surface area contributed by atoms with Crippen LogP contribution in [0.4, 0.5) is 0 Å². The number of nitrogens with zero attached hydrogens (tertiary/aromatic N) is 2. The first-order valence-corrected chi connectivity index (χ1v) is 7.17. The highest BCUT2D eigenvalue weighted by molar-refractivity contribution is 5.79. The highest BCUT2D eigenvalue weighted by atomic mass is 16.2. The number of hydrogen-bond donors (Lipinski definition) is 2. The number of amides is 1. The Labute approximate surface area is 118 Å². The van der Waals surface area contributed by atoms with Gasteiger partial charge in [-0.15, -0.1) is 0 Å². The maximum atomic E-state index is 12.1. The molecule has 1 aliphatic rings. The van der Waals surface area contributed by atoms with Crippen LogP contribution in [0.25, 0.3) is 11.0 Å². The number of carbonyl (C=O) groups is 1. The molecule has 0 radical (unpaired) electrons. The van der Waals surface area contributed by atoms with Crippen LogP contribution < -0.4 is 5.32 Å². The number of aryl methyl sites for hydroxylation is 2. The standard InChI is InChI=1S/C15H20N4O/c1-11-3-2-4-12-15(11)18-13(17-12)5-6-14(20)19-9-7-16-8-10-19/h2-4,16H,5-10H2,1H3,(H,17,18). The van der Waals surface area contributed by atoms with Gasteiger partial charge in [0.1, 0.15) is 5.82 Å². The number of para-hydroxylation sites is 1. The number of nitrogens with one attached hydrogen (secondary N) is 2. The van der Waals surface area contributed by atoms with Crippen LogP contribution in [0.5, 0.6) is 0 Å². The first-order valence-electron chi connectivity index (χ1n) is 7.17. The number of H-pyrrole nitrogens is 1. The van der Waals surface area contributed by atoms with Gasteiger partial charge in [-0.1, -0.05) is 12.1 Å². The number of rotatable bonds is 3. The average molecular weight is 272 g/mol. The summed E-state index contributed by atoms with van der Waals surface area (Å²) in [4.78, 5) is 21.9. The molecule has 2 N–H and O–H groups in total. The molecule has 0 spiro atoms. The summed E-state index contributed by atoms with van der Waals surface area (Å²) in [5.74, 6) is 1.13. The van der Waals surface area contributed by atoms with Crippen molar-refractivity contribution in [1.29, 1.82) is 0 Å². The smallest absolute Gasteiger partial charge is 0.223 e. The number of hydrogen-bond acceptors (Lipinski definition) is 3. The fourth-order valence-corrected chi connectivity index (χ4v) is 2.64. The summed E-state index contributed by atoms with van der Waals surface area (Å²) in [5, 5.41) is 3.25. The summed E-state index contributed by atoms with van der Waals surface area (Å²) >= 11 is 0. The molecule has 1 saturated heterocycles. The molecule has 1 fully saturated rings. The van der Waals surface area contributed by atoms with Crippen molar-refractivity contribution in [3.05, 3.63) is 29.6 Å². The summed E-state index contributed by atoms with van der Waals surface area (Å²) in [6.45, 7) is 5.49. The Balaban J connectivity index is 1.64. The number of piperazine rings is 1. The van der Waals surface area contributed by atoms with E-state index >= 15 is 0 Å². The van der Waals surface area contributed by atoms with Crippen LogP contribution in [0.15, 0.2) is 18.2 Å².